The van der Waals surface area contributed by atoms with Crippen LogP contribution in [0.25, 0.3) is 0 Å². The smallest absolute Gasteiger partial charge is 0.325 e. The number of anilines is 2. The summed E-state index contributed by atoms with van der Waals surface area (Å²) >= 11 is 0. The summed E-state index contributed by atoms with van der Waals surface area (Å²) in [5.74, 6) is -1.28. The van der Waals surface area contributed by atoms with Crippen molar-refractivity contribution in [1.29, 1.82) is 0 Å². The van der Waals surface area contributed by atoms with Crippen LogP contribution < -0.4 is 15.1 Å². The molecule has 0 bridgehead atoms. The van der Waals surface area contributed by atoms with Gasteiger partial charge < -0.3 is 19.9 Å². The van der Waals surface area contributed by atoms with E-state index >= 15 is 0 Å². The van der Waals surface area contributed by atoms with Crippen LogP contribution in [-0.2, 0) is 19.1 Å². The van der Waals surface area contributed by atoms with Crippen LogP contribution in [0.1, 0.15) is 26.2 Å². The van der Waals surface area contributed by atoms with Crippen LogP contribution in [0.4, 0.5) is 11.4 Å². The SMILES string of the molecule is CCOC(=O)CNC(=O)C1CC(=O)N(c2ccc(N3CCCC3)cc2)C1. The maximum atomic E-state index is 12.3. The topological polar surface area (TPSA) is 78.9 Å². The molecule has 3 rings (SSSR count). The summed E-state index contributed by atoms with van der Waals surface area (Å²) in [5.41, 5.74) is 1.97. The number of nitrogens with one attached hydrogen (secondary N) is 1. The summed E-state index contributed by atoms with van der Waals surface area (Å²) in [6, 6.07) is 7.93. The minimum Gasteiger partial charge on any atom is -0.465 e. The van der Waals surface area contributed by atoms with Gasteiger partial charge in [-0.25, -0.2) is 0 Å². The molecule has 7 heteroatoms. The summed E-state index contributed by atoms with van der Waals surface area (Å²) in [6.45, 7) is 4.30. The normalized spacial score (nSPS) is 19.7. The number of nitrogens with zero attached hydrogens (tertiary/aromatic N) is 2. The molecule has 1 aromatic rings. The quantitative estimate of drug-likeness (QED) is 0.775. The number of benzene rings is 1. The first-order chi connectivity index (χ1) is 12.6. The van der Waals surface area contributed by atoms with E-state index in [4.69, 9.17) is 4.74 Å². The van der Waals surface area contributed by atoms with Crippen molar-refractivity contribution in [2.45, 2.75) is 26.2 Å². The van der Waals surface area contributed by atoms with E-state index in [1.54, 1.807) is 11.8 Å². The Balaban J connectivity index is 1.57. The van der Waals surface area contributed by atoms with Crippen LogP contribution in [0.15, 0.2) is 24.3 Å². The molecule has 1 aromatic carbocycles. The van der Waals surface area contributed by atoms with Crippen LogP contribution in [0.5, 0.6) is 0 Å². The number of carbonyl (C=O) groups is 3. The largest absolute Gasteiger partial charge is 0.465 e. The third-order valence-corrected chi connectivity index (χ3v) is 4.84. The number of amides is 2. The third-order valence-electron chi connectivity index (χ3n) is 4.84. The molecule has 2 aliphatic heterocycles. The fourth-order valence-electron chi connectivity index (χ4n) is 3.47. The maximum Gasteiger partial charge on any atom is 0.325 e. The van der Waals surface area contributed by atoms with Crippen LogP contribution in [0.2, 0.25) is 0 Å². The molecule has 2 fully saturated rings. The Kier molecular flexibility index (Phi) is 5.75. The molecule has 0 aliphatic carbocycles. The van der Waals surface area contributed by atoms with E-state index < -0.39 is 11.9 Å². The predicted molar refractivity (Wildman–Crippen MR) is 98.0 cm³/mol. The molecule has 2 saturated heterocycles. The molecule has 2 aliphatic rings. The van der Waals surface area contributed by atoms with Crippen molar-refractivity contribution in [2.24, 2.45) is 5.92 Å². The fourth-order valence-corrected chi connectivity index (χ4v) is 3.47. The van der Waals surface area contributed by atoms with E-state index in [0.29, 0.717) is 6.54 Å². The van der Waals surface area contributed by atoms with Crippen LogP contribution in [-0.4, -0.2) is 50.6 Å². The van der Waals surface area contributed by atoms with Crippen LogP contribution >= 0.6 is 0 Å². The molecular formula is C19H25N3O4. The number of hydrogen-bond donors (Lipinski definition) is 1. The summed E-state index contributed by atoms with van der Waals surface area (Å²) in [7, 11) is 0. The van der Waals surface area contributed by atoms with E-state index in [1.807, 2.05) is 24.3 Å². The van der Waals surface area contributed by atoms with Gasteiger partial charge in [-0.05, 0) is 44.0 Å². The standard InChI is InChI=1S/C19H25N3O4/c1-2-26-18(24)12-20-19(25)14-11-17(23)22(13-14)16-7-5-15(6-8-16)21-9-3-4-10-21/h5-8,14H,2-4,9-13H2,1H3,(H,20,25). The Morgan fingerprint density at radius 3 is 2.46 bits per heavy atom. The van der Waals surface area contributed by atoms with E-state index in [0.717, 1.165) is 18.8 Å². The van der Waals surface area contributed by atoms with Gasteiger partial charge in [0.1, 0.15) is 6.54 Å². The van der Waals surface area contributed by atoms with E-state index in [9.17, 15) is 14.4 Å². The molecule has 26 heavy (non-hydrogen) atoms. The van der Waals surface area contributed by atoms with Gasteiger partial charge in [-0.2, -0.15) is 0 Å². The molecule has 0 aromatic heterocycles. The van der Waals surface area contributed by atoms with Crippen molar-refractivity contribution in [2.75, 3.05) is 42.6 Å². The molecule has 7 nitrogen and oxygen atoms in total. The predicted octanol–water partition coefficient (Wildman–Crippen LogP) is 1.32. The van der Waals surface area contributed by atoms with Gasteiger partial charge in [0.05, 0.1) is 12.5 Å². The lowest BCUT2D eigenvalue weighted by Gasteiger charge is -2.20. The van der Waals surface area contributed by atoms with Crippen molar-refractivity contribution < 1.29 is 19.1 Å². The molecule has 140 valence electrons. The Morgan fingerprint density at radius 2 is 1.81 bits per heavy atom. The van der Waals surface area contributed by atoms with E-state index in [2.05, 4.69) is 10.2 Å². The van der Waals surface area contributed by atoms with E-state index in [-0.39, 0.29) is 31.4 Å². The highest BCUT2D eigenvalue weighted by Crippen LogP contribution is 2.28. The first-order valence-corrected chi connectivity index (χ1v) is 9.17. The Hall–Kier alpha value is -2.57. The lowest BCUT2D eigenvalue weighted by Crippen LogP contribution is -2.36. The summed E-state index contributed by atoms with van der Waals surface area (Å²) in [6.07, 6.45) is 2.59. The zero-order valence-corrected chi connectivity index (χ0v) is 15.1. The highest BCUT2D eigenvalue weighted by Gasteiger charge is 2.35. The van der Waals surface area contributed by atoms with Crippen molar-refractivity contribution in [3.05, 3.63) is 24.3 Å². The second-order valence-corrected chi connectivity index (χ2v) is 6.64. The number of rotatable bonds is 6. The molecule has 1 N–H and O–H groups in total. The third kappa shape index (κ3) is 4.15. The Morgan fingerprint density at radius 1 is 1.15 bits per heavy atom. The Bertz CT molecular complexity index is 668. The second-order valence-electron chi connectivity index (χ2n) is 6.64. The average Bonchev–Trinajstić information content (AvgIpc) is 3.30. The van der Waals surface area contributed by atoms with Gasteiger partial charge in [0.15, 0.2) is 0 Å². The molecule has 2 heterocycles. The number of hydrogen-bond acceptors (Lipinski definition) is 5. The summed E-state index contributed by atoms with van der Waals surface area (Å²) < 4.78 is 4.78. The first-order valence-electron chi connectivity index (χ1n) is 9.17. The van der Waals surface area contributed by atoms with Gasteiger partial charge in [-0.3, -0.25) is 14.4 Å². The van der Waals surface area contributed by atoms with Gasteiger partial charge in [0, 0.05) is 37.4 Å². The summed E-state index contributed by atoms with van der Waals surface area (Å²) in [4.78, 5) is 39.8. The molecule has 0 spiro atoms. The van der Waals surface area contributed by atoms with E-state index in [1.165, 1.54) is 18.5 Å². The Labute approximate surface area is 153 Å². The molecular weight excluding hydrogens is 334 g/mol. The lowest BCUT2D eigenvalue weighted by molar-refractivity contribution is -0.143. The van der Waals surface area contributed by atoms with Crippen LogP contribution in [0, 0.1) is 5.92 Å². The van der Waals surface area contributed by atoms with Crippen molar-refractivity contribution in [1.82, 2.24) is 5.32 Å². The minimum absolute atomic E-state index is 0.0739. The average molecular weight is 359 g/mol. The van der Waals surface area contributed by atoms with Gasteiger partial charge in [-0.1, -0.05) is 0 Å². The lowest BCUT2D eigenvalue weighted by atomic mass is 10.1. The molecule has 1 unspecified atom stereocenters. The van der Waals surface area contributed by atoms with Crippen molar-refractivity contribution in [3.8, 4) is 0 Å². The fraction of sp³-hybridized carbons (Fsp3) is 0.526. The molecule has 0 saturated carbocycles. The highest BCUT2D eigenvalue weighted by atomic mass is 16.5. The van der Waals surface area contributed by atoms with Gasteiger partial charge >= 0.3 is 5.97 Å². The van der Waals surface area contributed by atoms with Crippen LogP contribution in [0.3, 0.4) is 0 Å². The zero-order valence-electron chi connectivity index (χ0n) is 15.1. The summed E-state index contributed by atoms with van der Waals surface area (Å²) in [5, 5.41) is 2.55. The van der Waals surface area contributed by atoms with Crippen molar-refractivity contribution in [3.63, 3.8) is 0 Å². The van der Waals surface area contributed by atoms with Gasteiger partial charge in [0.25, 0.3) is 0 Å². The number of esters is 1. The van der Waals surface area contributed by atoms with Crippen molar-refractivity contribution >= 4 is 29.2 Å². The molecule has 0 radical (unpaired) electrons. The monoisotopic (exact) mass is 359 g/mol. The second kappa shape index (κ2) is 8.21. The molecule has 1 atom stereocenters. The zero-order chi connectivity index (χ0) is 18.5. The van der Waals surface area contributed by atoms with Gasteiger partial charge in [-0.15, -0.1) is 0 Å². The molecule has 2 amide bonds. The number of ether oxygens (including phenoxy) is 1. The first kappa shape index (κ1) is 18.2. The number of carbonyl (C=O) groups excluding carboxylic acids is 3. The maximum absolute atomic E-state index is 12.3. The highest BCUT2D eigenvalue weighted by molar-refractivity contribution is 6.00. The minimum atomic E-state index is -0.473. The van der Waals surface area contributed by atoms with Gasteiger partial charge in [0.2, 0.25) is 11.8 Å².